The van der Waals surface area contributed by atoms with Crippen LogP contribution in [0, 0.1) is 0 Å². The van der Waals surface area contributed by atoms with Crippen LogP contribution in [0.15, 0.2) is 97.2 Å². The van der Waals surface area contributed by atoms with Gasteiger partial charge in [-0.2, -0.15) is 0 Å². The highest BCUT2D eigenvalue weighted by Gasteiger charge is 2.19. The zero-order valence-electron chi connectivity index (χ0n) is 44.3. The van der Waals surface area contributed by atoms with E-state index in [2.05, 4.69) is 93.7 Å². The van der Waals surface area contributed by atoms with E-state index < -0.39 is 6.10 Å². The van der Waals surface area contributed by atoms with Gasteiger partial charge in [-0.05, 0) is 57.8 Å². The van der Waals surface area contributed by atoms with Crippen molar-refractivity contribution in [3.05, 3.63) is 97.2 Å². The van der Waals surface area contributed by atoms with Crippen molar-refractivity contribution >= 4 is 17.9 Å². The normalized spacial score (nSPS) is 12.8. The highest BCUT2D eigenvalue weighted by molar-refractivity contribution is 5.71. The first kappa shape index (κ1) is 64.3. The van der Waals surface area contributed by atoms with Gasteiger partial charge in [-0.1, -0.05) is 279 Å². The molecule has 0 aliphatic rings. The molecule has 68 heavy (non-hydrogen) atoms. The molecule has 0 aromatic heterocycles. The Labute approximate surface area is 419 Å². The van der Waals surface area contributed by atoms with Crippen molar-refractivity contribution in [3.8, 4) is 0 Å². The van der Waals surface area contributed by atoms with Gasteiger partial charge in [0.2, 0.25) is 0 Å². The lowest BCUT2D eigenvalue weighted by molar-refractivity contribution is -0.167. The monoisotopic (exact) mass is 945 g/mol. The van der Waals surface area contributed by atoms with Crippen molar-refractivity contribution in [1.29, 1.82) is 0 Å². The van der Waals surface area contributed by atoms with E-state index >= 15 is 0 Å². The summed E-state index contributed by atoms with van der Waals surface area (Å²) in [5.74, 6) is -0.922. The molecule has 1 atom stereocenters. The summed E-state index contributed by atoms with van der Waals surface area (Å²) in [6.45, 7) is 6.41. The summed E-state index contributed by atoms with van der Waals surface area (Å²) in [7, 11) is 0. The van der Waals surface area contributed by atoms with E-state index in [1.54, 1.807) is 0 Å². The summed E-state index contributed by atoms with van der Waals surface area (Å²) < 4.78 is 16.8. The molecular formula is C62H104O6. The first-order valence-corrected chi connectivity index (χ1v) is 28.3. The molecule has 0 aromatic rings. The Morgan fingerprint density at radius 1 is 0.309 bits per heavy atom. The van der Waals surface area contributed by atoms with Crippen LogP contribution in [0.25, 0.3) is 0 Å². The van der Waals surface area contributed by atoms with Crippen LogP contribution in [0.1, 0.15) is 258 Å². The summed E-state index contributed by atoms with van der Waals surface area (Å²) in [6.07, 6.45) is 73.8. The van der Waals surface area contributed by atoms with Gasteiger partial charge in [-0.25, -0.2) is 0 Å². The van der Waals surface area contributed by atoms with Gasteiger partial charge in [0.05, 0.1) is 0 Å². The SMILES string of the molecule is CC\C=C/C=C\C=C/CCCCCCCCCC(=O)OCC(COC(=O)CCCCCCC\C=C/C=C\C=C/C=C\C=C/CCC)OC(=O)CCCCCCCCCCCCCCCCCCC. The zero-order valence-corrected chi connectivity index (χ0v) is 44.3. The van der Waals surface area contributed by atoms with E-state index in [4.69, 9.17) is 14.2 Å². The van der Waals surface area contributed by atoms with Crippen LogP contribution in [-0.4, -0.2) is 37.2 Å². The number of unbranched alkanes of at least 4 members (excludes halogenated alkanes) is 29. The minimum Gasteiger partial charge on any atom is -0.462 e. The van der Waals surface area contributed by atoms with Crippen molar-refractivity contribution < 1.29 is 28.6 Å². The summed E-state index contributed by atoms with van der Waals surface area (Å²) in [5.41, 5.74) is 0. The molecule has 0 aliphatic carbocycles. The minimum absolute atomic E-state index is 0.0914. The number of allylic oxidation sites excluding steroid dienone is 16. The predicted molar refractivity (Wildman–Crippen MR) is 293 cm³/mol. The number of hydrogen-bond donors (Lipinski definition) is 0. The predicted octanol–water partition coefficient (Wildman–Crippen LogP) is 18.9. The molecule has 0 aromatic carbocycles. The molecule has 6 heteroatoms. The quantitative estimate of drug-likeness (QED) is 0.0262. The number of esters is 3. The summed E-state index contributed by atoms with van der Waals surface area (Å²) in [4.78, 5) is 38.2. The van der Waals surface area contributed by atoms with E-state index in [0.717, 1.165) is 96.3 Å². The van der Waals surface area contributed by atoms with Crippen LogP contribution in [0.4, 0.5) is 0 Å². The van der Waals surface area contributed by atoms with Crippen LogP contribution in [-0.2, 0) is 28.6 Å². The smallest absolute Gasteiger partial charge is 0.306 e. The molecule has 1 unspecified atom stereocenters. The molecule has 0 spiro atoms. The molecule has 388 valence electrons. The Morgan fingerprint density at radius 2 is 0.603 bits per heavy atom. The van der Waals surface area contributed by atoms with Gasteiger partial charge >= 0.3 is 17.9 Å². The van der Waals surface area contributed by atoms with Crippen LogP contribution in [0.5, 0.6) is 0 Å². The molecule has 0 heterocycles. The molecule has 0 aliphatic heterocycles. The Morgan fingerprint density at radius 3 is 0.956 bits per heavy atom. The number of carbonyl (C=O) groups excluding carboxylic acids is 3. The van der Waals surface area contributed by atoms with Crippen molar-refractivity contribution in [2.75, 3.05) is 13.2 Å². The second-order valence-electron chi connectivity index (χ2n) is 18.7. The Kier molecular flexibility index (Phi) is 52.9. The lowest BCUT2D eigenvalue weighted by Crippen LogP contribution is -2.30. The van der Waals surface area contributed by atoms with Gasteiger partial charge in [-0.3, -0.25) is 14.4 Å². The van der Waals surface area contributed by atoms with Crippen molar-refractivity contribution in [2.24, 2.45) is 0 Å². The Bertz CT molecular complexity index is 1360. The van der Waals surface area contributed by atoms with Crippen molar-refractivity contribution in [3.63, 3.8) is 0 Å². The standard InChI is InChI=1S/C62H104O6/c1-4-7-10-13-16-19-22-25-28-30-32-34-37-40-43-46-49-52-55-61(64)67-58-59(57-66-60(63)54-51-48-45-42-39-36-33-27-24-21-18-15-12-9-6-3)68-62(65)56-53-50-47-44-41-38-35-31-29-26-23-20-17-14-11-8-5-2/h9-10,12-13,15-16,18-19,21-22,24-25,28,30,32,34,59H,4-8,11,14,17,20,23,26-27,29,31,33,35-58H2,1-3H3/b12-9-,13-10-,18-15-,19-16-,24-21-,25-22-,30-28-,34-32-. The number of rotatable bonds is 50. The topological polar surface area (TPSA) is 78.9 Å². The number of ether oxygens (including phenoxy) is 3. The van der Waals surface area contributed by atoms with Crippen LogP contribution >= 0.6 is 0 Å². The van der Waals surface area contributed by atoms with Gasteiger partial charge in [0.1, 0.15) is 13.2 Å². The number of hydrogen-bond acceptors (Lipinski definition) is 6. The van der Waals surface area contributed by atoms with Gasteiger partial charge in [0.25, 0.3) is 0 Å². The fourth-order valence-electron chi connectivity index (χ4n) is 7.77. The minimum atomic E-state index is -0.793. The highest BCUT2D eigenvalue weighted by atomic mass is 16.6. The maximum absolute atomic E-state index is 12.9. The maximum atomic E-state index is 12.9. The molecule has 0 N–H and O–H groups in total. The first-order valence-electron chi connectivity index (χ1n) is 28.3. The van der Waals surface area contributed by atoms with Crippen molar-refractivity contribution in [2.45, 2.75) is 264 Å². The average molecular weight is 946 g/mol. The third-order valence-corrected chi connectivity index (χ3v) is 12.0. The molecule has 0 rings (SSSR count). The first-order chi connectivity index (χ1) is 33.5. The Hall–Kier alpha value is -3.67. The third kappa shape index (κ3) is 53.3. The third-order valence-electron chi connectivity index (χ3n) is 12.0. The lowest BCUT2D eigenvalue weighted by atomic mass is 10.0. The second kappa shape index (κ2) is 55.9. The lowest BCUT2D eigenvalue weighted by Gasteiger charge is -2.18. The van der Waals surface area contributed by atoms with E-state index in [-0.39, 0.29) is 31.1 Å². The molecule has 0 fully saturated rings. The zero-order chi connectivity index (χ0) is 49.3. The van der Waals surface area contributed by atoms with Gasteiger partial charge < -0.3 is 14.2 Å². The van der Waals surface area contributed by atoms with Gasteiger partial charge in [0.15, 0.2) is 6.10 Å². The Balaban J connectivity index is 4.45. The average Bonchev–Trinajstić information content (AvgIpc) is 3.34. The van der Waals surface area contributed by atoms with Gasteiger partial charge in [0, 0.05) is 19.3 Å². The molecule has 0 saturated carbocycles. The molecule has 0 amide bonds. The summed E-state index contributed by atoms with van der Waals surface area (Å²) in [6, 6.07) is 0. The summed E-state index contributed by atoms with van der Waals surface area (Å²) in [5, 5.41) is 0. The molecule has 0 bridgehead atoms. The van der Waals surface area contributed by atoms with Crippen LogP contribution in [0.2, 0.25) is 0 Å². The molecular weight excluding hydrogens is 841 g/mol. The fourth-order valence-corrected chi connectivity index (χ4v) is 7.77. The summed E-state index contributed by atoms with van der Waals surface area (Å²) >= 11 is 0. The van der Waals surface area contributed by atoms with E-state index in [1.807, 2.05) is 24.3 Å². The molecule has 0 radical (unpaired) electrons. The molecule has 0 saturated heterocycles. The van der Waals surface area contributed by atoms with Crippen molar-refractivity contribution in [1.82, 2.24) is 0 Å². The van der Waals surface area contributed by atoms with Gasteiger partial charge in [-0.15, -0.1) is 0 Å². The van der Waals surface area contributed by atoms with Crippen LogP contribution < -0.4 is 0 Å². The maximum Gasteiger partial charge on any atom is 0.306 e. The van der Waals surface area contributed by atoms with Crippen LogP contribution in [0.3, 0.4) is 0 Å². The largest absolute Gasteiger partial charge is 0.462 e. The molecule has 6 nitrogen and oxygen atoms in total. The van der Waals surface area contributed by atoms with E-state index in [9.17, 15) is 14.4 Å². The van der Waals surface area contributed by atoms with E-state index in [1.165, 1.54) is 122 Å². The highest BCUT2D eigenvalue weighted by Crippen LogP contribution is 2.16. The second-order valence-corrected chi connectivity index (χ2v) is 18.7. The fraction of sp³-hybridized carbons (Fsp3) is 0.694. The number of carbonyl (C=O) groups is 3. The van der Waals surface area contributed by atoms with E-state index in [0.29, 0.717) is 19.3 Å².